The fourth-order valence-electron chi connectivity index (χ4n) is 0.786. The molecular formula is C8H16ClN2+. The Kier molecular flexibility index (Phi) is 5.94. The van der Waals surface area contributed by atoms with Crippen molar-refractivity contribution >= 4 is 11.6 Å². The van der Waals surface area contributed by atoms with Crippen LogP contribution in [0.1, 0.15) is 26.3 Å². The van der Waals surface area contributed by atoms with Crippen molar-refractivity contribution in [1.82, 2.24) is 4.98 Å². The zero-order valence-electron chi connectivity index (χ0n) is 7.34. The molecule has 2 nitrogen and oxygen atoms in total. The van der Waals surface area contributed by atoms with E-state index in [0.717, 1.165) is 0 Å². The maximum atomic E-state index is 4.64. The maximum Gasteiger partial charge on any atom is 0.241 e. The van der Waals surface area contributed by atoms with E-state index in [0.29, 0.717) is 6.04 Å². The number of halogens is 1. The molecule has 0 amide bonds. The third-order valence-electron chi connectivity index (χ3n) is 1.67. The molecule has 1 atom stereocenters. The van der Waals surface area contributed by atoms with E-state index in [-0.39, 0.29) is 0 Å². The van der Waals surface area contributed by atoms with Crippen LogP contribution >= 0.6 is 11.6 Å². The molecule has 0 radical (unpaired) electrons. The Morgan fingerprint density at radius 3 is 2.55 bits per heavy atom. The zero-order valence-corrected chi connectivity index (χ0v) is 8.10. The molecule has 1 unspecified atom stereocenters. The van der Waals surface area contributed by atoms with Gasteiger partial charge in [0, 0.05) is 6.38 Å². The van der Waals surface area contributed by atoms with Crippen molar-refractivity contribution in [2.24, 2.45) is 0 Å². The van der Waals surface area contributed by atoms with Gasteiger partial charge in [-0.25, -0.2) is 4.57 Å². The molecule has 1 aromatic rings. The van der Waals surface area contributed by atoms with Crippen molar-refractivity contribution in [2.45, 2.75) is 26.3 Å². The summed E-state index contributed by atoms with van der Waals surface area (Å²) in [6.07, 6.45) is 8.62. The van der Waals surface area contributed by atoms with Crippen LogP contribution in [0.4, 0.5) is 0 Å². The van der Waals surface area contributed by atoms with Crippen molar-refractivity contribution in [2.75, 3.05) is 6.38 Å². The van der Waals surface area contributed by atoms with Crippen LogP contribution in [0.3, 0.4) is 0 Å². The van der Waals surface area contributed by atoms with Gasteiger partial charge in [0.05, 0.1) is 6.04 Å². The molecule has 1 aromatic heterocycles. The Morgan fingerprint density at radius 2 is 2.18 bits per heavy atom. The highest BCUT2D eigenvalue weighted by Gasteiger charge is 2.03. The number of hydrogen-bond donors (Lipinski definition) is 1. The lowest BCUT2D eigenvalue weighted by Gasteiger charge is -2.00. The van der Waals surface area contributed by atoms with Gasteiger partial charge in [0.15, 0.2) is 0 Å². The second-order valence-corrected chi connectivity index (χ2v) is 2.32. The van der Waals surface area contributed by atoms with Gasteiger partial charge in [-0.1, -0.05) is 6.92 Å². The second kappa shape index (κ2) is 6.23. The topological polar surface area (TPSA) is 19.7 Å². The van der Waals surface area contributed by atoms with Crippen molar-refractivity contribution in [3.63, 3.8) is 0 Å². The number of aromatic nitrogens is 2. The van der Waals surface area contributed by atoms with Crippen molar-refractivity contribution in [3.05, 3.63) is 18.7 Å². The van der Waals surface area contributed by atoms with Gasteiger partial charge in [-0.3, -0.25) is 4.98 Å². The fraction of sp³-hybridized carbons (Fsp3) is 0.625. The minimum atomic E-state index is 0.622. The lowest BCUT2D eigenvalue weighted by atomic mass is 10.3. The minimum Gasteiger partial charge on any atom is -0.250 e. The van der Waals surface area contributed by atoms with E-state index in [1.165, 1.54) is 12.8 Å². The van der Waals surface area contributed by atoms with Gasteiger partial charge in [-0.05, 0) is 13.3 Å². The zero-order chi connectivity index (χ0) is 8.69. The molecule has 3 heteroatoms. The Labute approximate surface area is 73.2 Å². The SMILES string of the molecule is CCC(C)[n+]1cc[nH]c1.CCl. The summed E-state index contributed by atoms with van der Waals surface area (Å²) in [6, 6.07) is 0.622. The van der Waals surface area contributed by atoms with Crippen molar-refractivity contribution in [3.8, 4) is 0 Å². The first-order chi connectivity index (χ1) is 5.34. The van der Waals surface area contributed by atoms with Gasteiger partial charge in [-0.2, -0.15) is 0 Å². The number of nitrogens with zero attached hydrogens (tertiary/aromatic N) is 1. The molecular weight excluding hydrogens is 160 g/mol. The van der Waals surface area contributed by atoms with Crippen LogP contribution in [0.15, 0.2) is 18.7 Å². The summed E-state index contributed by atoms with van der Waals surface area (Å²) in [5.41, 5.74) is 0. The first-order valence-corrected chi connectivity index (χ1v) is 4.51. The van der Waals surface area contributed by atoms with Crippen molar-refractivity contribution in [1.29, 1.82) is 0 Å². The molecule has 0 aliphatic heterocycles. The Hall–Kier alpha value is -0.500. The van der Waals surface area contributed by atoms with E-state index < -0.39 is 0 Å². The van der Waals surface area contributed by atoms with E-state index in [1.807, 2.05) is 18.7 Å². The summed E-state index contributed by atoms with van der Waals surface area (Å²) >= 11 is 4.64. The predicted molar refractivity (Wildman–Crippen MR) is 47.8 cm³/mol. The Balaban J connectivity index is 0.000000461. The quantitative estimate of drug-likeness (QED) is 0.525. The summed E-state index contributed by atoms with van der Waals surface area (Å²) in [7, 11) is 0. The molecule has 1 rings (SSSR count). The number of aromatic amines is 1. The molecule has 1 heterocycles. The lowest BCUT2D eigenvalue weighted by Crippen LogP contribution is -2.34. The second-order valence-electron chi connectivity index (χ2n) is 2.32. The third kappa shape index (κ3) is 3.42. The monoisotopic (exact) mass is 175 g/mol. The fourth-order valence-corrected chi connectivity index (χ4v) is 0.786. The largest absolute Gasteiger partial charge is 0.250 e. The standard InChI is InChI=1S/C7H12N2.CH3Cl/c1-3-7(2)9-5-4-8-6-9;1-2/h4-7H,3H2,1-2H3;1H3/p+1. The molecule has 0 saturated carbocycles. The van der Waals surface area contributed by atoms with Gasteiger partial charge < -0.3 is 0 Å². The molecule has 0 bridgehead atoms. The average Bonchev–Trinajstić information content (AvgIpc) is 2.59. The molecule has 64 valence electrons. The predicted octanol–water partition coefficient (Wildman–Crippen LogP) is 2.13. The van der Waals surface area contributed by atoms with E-state index in [4.69, 9.17) is 0 Å². The normalized spacial score (nSPS) is 11.6. The van der Waals surface area contributed by atoms with Gasteiger partial charge in [-0.15, -0.1) is 11.6 Å². The molecule has 0 fully saturated rings. The third-order valence-corrected chi connectivity index (χ3v) is 1.67. The Morgan fingerprint density at radius 1 is 1.55 bits per heavy atom. The average molecular weight is 176 g/mol. The highest BCUT2D eigenvalue weighted by Crippen LogP contribution is 1.96. The lowest BCUT2D eigenvalue weighted by molar-refractivity contribution is -0.718. The molecule has 0 spiro atoms. The van der Waals surface area contributed by atoms with E-state index in [9.17, 15) is 0 Å². The maximum absolute atomic E-state index is 4.64. The molecule has 0 aliphatic rings. The Bertz CT molecular complexity index is 161. The number of alkyl halides is 1. The van der Waals surface area contributed by atoms with E-state index in [1.54, 1.807) is 0 Å². The minimum absolute atomic E-state index is 0.622. The van der Waals surface area contributed by atoms with Crippen LogP contribution in [0.25, 0.3) is 0 Å². The summed E-state index contributed by atoms with van der Waals surface area (Å²) < 4.78 is 2.17. The van der Waals surface area contributed by atoms with Crippen LogP contribution in [0.2, 0.25) is 0 Å². The first-order valence-electron chi connectivity index (χ1n) is 3.76. The molecule has 0 aliphatic carbocycles. The number of imidazole rings is 1. The number of nitrogens with one attached hydrogen (secondary N) is 1. The van der Waals surface area contributed by atoms with Gasteiger partial charge >= 0.3 is 0 Å². The van der Waals surface area contributed by atoms with Crippen LogP contribution in [-0.4, -0.2) is 11.4 Å². The smallest absolute Gasteiger partial charge is 0.241 e. The summed E-state index contributed by atoms with van der Waals surface area (Å²) in [4.78, 5) is 3.01. The van der Waals surface area contributed by atoms with Crippen LogP contribution in [0, 0.1) is 0 Å². The summed E-state index contributed by atoms with van der Waals surface area (Å²) in [5.74, 6) is 0. The van der Waals surface area contributed by atoms with Crippen LogP contribution in [0.5, 0.6) is 0 Å². The molecule has 1 N–H and O–H groups in total. The van der Waals surface area contributed by atoms with E-state index in [2.05, 4.69) is 35.0 Å². The molecule has 0 aromatic carbocycles. The van der Waals surface area contributed by atoms with Crippen molar-refractivity contribution < 1.29 is 4.57 Å². The van der Waals surface area contributed by atoms with Gasteiger partial charge in [0.2, 0.25) is 6.33 Å². The number of hydrogen-bond acceptors (Lipinski definition) is 0. The highest BCUT2D eigenvalue weighted by molar-refractivity contribution is 6.15. The highest BCUT2D eigenvalue weighted by atomic mass is 35.5. The first kappa shape index (κ1) is 10.5. The number of H-pyrrole nitrogens is 1. The van der Waals surface area contributed by atoms with Gasteiger partial charge in [0.1, 0.15) is 12.4 Å². The van der Waals surface area contributed by atoms with Gasteiger partial charge in [0.25, 0.3) is 0 Å². The summed E-state index contributed by atoms with van der Waals surface area (Å²) in [5, 5.41) is 0. The molecule has 11 heavy (non-hydrogen) atoms. The summed E-state index contributed by atoms with van der Waals surface area (Å²) in [6.45, 7) is 4.39. The van der Waals surface area contributed by atoms with Crippen LogP contribution < -0.4 is 4.57 Å². The molecule has 0 saturated heterocycles. The van der Waals surface area contributed by atoms with Crippen LogP contribution in [-0.2, 0) is 0 Å². The van der Waals surface area contributed by atoms with E-state index >= 15 is 0 Å². The number of rotatable bonds is 2.